The number of rotatable bonds is 4. The number of carbonyl (C=O) groups is 2. The van der Waals surface area contributed by atoms with Crippen molar-refractivity contribution in [2.45, 2.75) is 32.3 Å². The Kier molecular flexibility index (Phi) is 4.20. The SMILES string of the molecule is CCc1ccc(C(=O)CC2(O)C(=O)Nc3c(C)ccc(Cl)c32)cc1. The number of nitrogens with one attached hydrogen (secondary N) is 1. The lowest BCUT2D eigenvalue weighted by atomic mass is 9.87. The van der Waals surface area contributed by atoms with Crippen LogP contribution in [0, 0.1) is 6.92 Å². The lowest BCUT2D eigenvalue weighted by Crippen LogP contribution is -2.36. The summed E-state index contributed by atoms with van der Waals surface area (Å²) in [5, 5.41) is 13.8. The van der Waals surface area contributed by atoms with Crippen LogP contribution < -0.4 is 5.32 Å². The Morgan fingerprint density at radius 1 is 1.21 bits per heavy atom. The van der Waals surface area contributed by atoms with Crippen LogP contribution in [0.2, 0.25) is 5.02 Å². The fourth-order valence-corrected chi connectivity index (χ4v) is 3.32. The molecule has 1 aliphatic rings. The quantitative estimate of drug-likeness (QED) is 0.833. The van der Waals surface area contributed by atoms with Crippen LogP contribution in [0.25, 0.3) is 0 Å². The van der Waals surface area contributed by atoms with E-state index in [1.54, 1.807) is 24.3 Å². The lowest BCUT2D eigenvalue weighted by molar-refractivity contribution is -0.133. The molecule has 1 amide bonds. The van der Waals surface area contributed by atoms with E-state index in [1.807, 2.05) is 26.0 Å². The number of ketones is 1. The third-order valence-electron chi connectivity index (χ3n) is 4.49. The van der Waals surface area contributed by atoms with Crippen molar-refractivity contribution in [2.75, 3.05) is 5.32 Å². The minimum Gasteiger partial charge on any atom is -0.375 e. The van der Waals surface area contributed by atoms with Crippen LogP contribution in [0.4, 0.5) is 5.69 Å². The Balaban J connectivity index is 1.96. The highest BCUT2D eigenvalue weighted by Gasteiger charge is 2.48. The zero-order chi connectivity index (χ0) is 17.5. The van der Waals surface area contributed by atoms with Gasteiger partial charge in [0.25, 0.3) is 5.91 Å². The number of anilines is 1. The summed E-state index contributed by atoms with van der Waals surface area (Å²) in [5.41, 5.74) is 1.20. The first-order valence-corrected chi connectivity index (χ1v) is 8.20. The smallest absolute Gasteiger partial charge is 0.261 e. The summed E-state index contributed by atoms with van der Waals surface area (Å²) in [5.74, 6) is -0.923. The summed E-state index contributed by atoms with van der Waals surface area (Å²) in [7, 11) is 0. The number of amides is 1. The topological polar surface area (TPSA) is 66.4 Å². The third-order valence-corrected chi connectivity index (χ3v) is 4.81. The van der Waals surface area contributed by atoms with Crippen LogP contribution in [0.3, 0.4) is 0 Å². The standard InChI is InChI=1S/C19H18ClNO3/c1-3-12-5-7-13(8-6-12)15(22)10-19(24)16-14(20)9-4-11(2)17(16)21-18(19)23/h4-9,24H,3,10H2,1-2H3,(H,21,23). The Bertz CT molecular complexity index is 829. The third kappa shape index (κ3) is 2.62. The van der Waals surface area contributed by atoms with Gasteiger partial charge in [-0.05, 0) is 30.5 Å². The minimum atomic E-state index is -1.95. The molecule has 2 aromatic carbocycles. The first-order valence-electron chi connectivity index (χ1n) is 7.82. The van der Waals surface area contributed by atoms with Crippen molar-refractivity contribution in [3.8, 4) is 0 Å². The predicted molar refractivity (Wildman–Crippen MR) is 93.5 cm³/mol. The second-order valence-corrected chi connectivity index (χ2v) is 6.49. The fraction of sp³-hybridized carbons (Fsp3) is 0.263. The monoisotopic (exact) mass is 343 g/mol. The van der Waals surface area contributed by atoms with Gasteiger partial charge in [-0.1, -0.05) is 48.9 Å². The highest BCUT2D eigenvalue weighted by molar-refractivity contribution is 6.33. The number of fused-ring (bicyclic) bond motifs is 1. The molecular weight excluding hydrogens is 326 g/mol. The number of halogens is 1. The van der Waals surface area contributed by atoms with Crippen LogP contribution >= 0.6 is 11.6 Å². The Hall–Kier alpha value is -2.17. The van der Waals surface area contributed by atoms with Gasteiger partial charge in [0.2, 0.25) is 0 Å². The molecule has 0 aromatic heterocycles. The summed E-state index contributed by atoms with van der Waals surface area (Å²) in [6.07, 6.45) is 0.531. The highest BCUT2D eigenvalue weighted by atomic mass is 35.5. The van der Waals surface area contributed by atoms with Crippen molar-refractivity contribution in [2.24, 2.45) is 0 Å². The Morgan fingerprint density at radius 2 is 1.88 bits per heavy atom. The van der Waals surface area contributed by atoms with Gasteiger partial charge in [-0.2, -0.15) is 0 Å². The maximum absolute atomic E-state index is 12.6. The van der Waals surface area contributed by atoms with Gasteiger partial charge in [-0.15, -0.1) is 0 Å². The molecular formula is C19H18ClNO3. The van der Waals surface area contributed by atoms with E-state index in [-0.39, 0.29) is 22.8 Å². The minimum absolute atomic E-state index is 0.269. The summed E-state index contributed by atoms with van der Waals surface area (Å²) in [6, 6.07) is 10.6. The molecule has 4 nitrogen and oxygen atoms in total. The molecule has 5 heteroatoms. The number of aryl methyl sites for hydroxylation is 2. The second kappa shape index (κ2) is 6.04. The van der Waals surface area contributed by atoms with Crippen LogP contribution in [0.5, 0.6) is 0 Å². The van der Waals surface area contributed by atoms with Crippen molar-refractivity contribution in [3.63, 3.8) is 0 Å². The maximum Gasteiger partial charge on any atom is 0.261 e. The Labute approximate surface area is 145 Å². The number of carbonyl (C=O) groups excluding carboxylic acids is 2. The van der Waals surface area contributed by atoms with Crippen molar-refractivity contribution < 1.29 is 14.7 Å². The van der Waals surface area contributed by atoms with Gasteiger partial charge in [0.1, 0.15) is 0 Å². The van der Waals surface area contributed by atoms with E-state index in [4.69, 9.17) is 11.6 Å². The molecule has 0 aliphatic carbocycles. The van der Waals surface area contributed by atoms with E-state index in [0.29, 0.717) is 11.3 Å². The average molecular weight is 344 g/mol. The summed E-state index contributed by atoms with van der Waals surface area (Å²) in [4.78, 5) is 24.9. The van der Waals surface area contributed by atoms with Crippen molar-refractivity contribution >= 4 is 29.0 Å². The van der Waals surface area contributed by atoms with Gasteiger partial charge in [0.05, 0.1) is 12.1 Å². The van der Waals surface area contributed by atoms with E-state index < -0.39 is 11.5 Å². The normalized spacial score (nSPS) is 19.1. The molecule has 2 N–H and O–H groups in total. The van der Waals surface area contributed by atoms with Gasteiger partial charge in [0, 0.05) is 16.1 Å². The van der Waals surface area contributed by atoms with Crippen LogP contribution in [-0.4, -0.2) is 16.8 Å². The molecule has 24 heavy (non-hydrogen) atoms. The van der Waals surface area contributed by atoms with Gasteiger partial charge >= 0.3 is 0 Å². The van der Waals surface area contributed by atoms with Crippen LogP contribution in [0.15, 0.2) is 36.4 Å². The van der Waals surface area contributed by atoms with E-state index in [0.717, 1.165) is 17.5 Å². The first-order chi connectivity index (χ1) is 11.4. The number of Topliss-reactive ketones (excluding diaryl/α,β-unsaturated/α-hetero) is 1. The molecule has 0 saturated carbocycles. The molecule has 0 fully saturated rings. The number of aliphatic hydroxyl groups is 1. The predicted octanol–water partition coefficient (Wildman–Crippen LogP) is 3.62. The summed E-state index contributed by atoms with van der Waals surface area (Å²) < 4.78 is 0. The van der Waals surface area contributed by atoms with Gasteiger partial charge in [0.15, 0.2) is 11.4 Å². The van der Waals surface area contributed by atoms with E-state index in [2.05, 4.69) is 5.32 Å². The molecule has 0 spiro atoms. The maximum atomic E-state index is 12.6. The second-order valence-electron chi connectivity index (χ2n) is 6.08. The van der Waals surface area contributed by atoms with Crippen molar-refractivity contribution in [1.29, 1.82) is 0 Å². The van der Waals surface area contributed by atoms with Gasteiger partial charge < -0.3 is 10.4 Å². The lowest BCUT2D eigenvalue weighted by Gasteiger charge is -2.21. The van der Waals surface area contributed by atoms with Crippen LogP contribution in [0.1, 0.15) is 40.4 Å². The molecule has 0 saturated heterocycles. The van der Waals surface area contributed by atoms with E-state index in [9.17, 15) is 14.7 Å². The zero-order valence-electron chi connectivity index (χ0n) is 13.5. The molecule has 1 aliphatic heterocycles. The van der Waals surface area contributed by atoms with E-state index in [1.165, 1.54) is 0 Å². The van der Waals surface area contributed by atoms with Crippen molar-refractivity contribution in [1.82, 2.24) is 0 Å². The fourth-order valence-electron chi connectivity index (χ4n) is 3.01. The number of benzene rings is 2. The van der Waals surface area contributed by atoms with Crippen LogP contribution in [-0.2, 0) is 16.8 Å². The molecule has 0 radical (unpaired) electrons. The summed E-state index contributed by atoms with van der Waals surface area (Å²) >= 11 is 6.20. The highest BCUT2D eigenvalue weighted by Crippen LogP contribution is 2.44. The molecule has 124 valence electrons. The molecule has 2 aromatic rings. The number of hydrogen-bond donors (Lipinski definition) is 2. The molecule has 0 bridgehead atoms. The van der Waals surface area contributed by atoms with Crippen molar-refractivity contribution in [3.05, 3.63) is 63.7 Å². The first kappa shape index (κ1) is 16.7. The number of hydrogen-bond acceptors (Lipinski definition) is 3. The largest absolute Gasteiger partial charge is 0.375 e. The molecule has 1 heterocycles. The zero-order valence-corrected chi connectivity index (χ0v) is 14.3. The van der Waals surface area contributed by atoms with Gasteiger partial charge in [-0.25, -0.2) is 0 Å². The summed E-state index contributed by atoms with van der Waals surface area (Å²) in [6.45, 7) is 3.84. The molecule has 1 unspecified atom stereocenters. The Morgan fingerprint density at radius 3 is 2.50 bits per heavy atom. The average Bonchev–Trinajstić information content (AvgIpc) is 2.83. The van der Waals surface area contributed by atoms with Gasteiger partial charge in [-0.3, -0.25) is 9.59 Å². The molecule has 1 atom stereocenters. The van der Waals surface area contributed by atoms with E-state index >= 15 is 0 Å². The molecule has 3 rings (SSSR count).